The molecular formula is C14H12ClNO4. The first-order chi connectivity index (χ1) is 9.10. The van der Waals surface area contributed by atoms with Gasteiger partial charge in [0.1, 0.15) is 17.6 Å². The minimum atomic E-state index is -1.01. The number of carbonyl (C=O) groups excluding carboxylic acids is 1. The molecule has 5 nitrogen and oxygen atoms in total. The van der Waals surface area contributed by atoms with E-state index in [1.807, 2.05) is 0 Å². The van der Waals surface area contributed by atoms with Gasteiger partial charge in [-0.15, -0.1) is 0 Å². The molecule has 0 fully saturated rings. The van der Waals surface area contributed by atoms with Gasteiger partial charge in [-0.25, -0.2) is 4.79 Å². The number of phenolic OH excluding ortho intramolecular Hbond substituents is 1. The maximum atomic E-state index is 10.9. The number of aldehydes is 1. The number of aromatic carboxylic acids is 1. The van der Waals surface area contributed by atoms with Gasteiger partial charge in [-0.05, 0) is 24.3 Å². The van der Waals surface area contributed by atoms with E-state index < -0.39 is 5.97 Å². The van der Waals surface area contributed by atoms with Gasteiger partial charge < -0.3 is 22.6 Å². The number of hydrogen-bond donors (Lipinski definition) is 2. The Morgan fingerprint density at radius 2 is 2.05 bits per heavy atom. The van der Waals surface area contributed by atoms with Crippen LogP contribution in [0.5, 0.6) is 5.75 Å². The molecule has 0 saturated carbocycles. The Morgan fingerprint density at radius 3 is 2.70 bits per heavy atom. The highest BCUT2D eigenvalue weighted by molar-refractivity contribution is 5.86. The predicted molar refractivity (Wildman–Crippen MR) is 66.2 cm³/mol. The summed E-state index contributed by atoms with van der Waals surface area (Å²) in [6, 6.07) is 7.64. The first-order valence-electron chi connectivity index (χ1n) is 5.59. The molecule has 0 unspecified atom stereocenters. The van der Waals surface area contributed by atoms with Crippen molar-refractivity contribution in [3.63, 3.8) is 0 Å². The Hall–Kier alpha value is -2.40. The second-order valence-corrected chi connectivity index (χ2v) is 4.08. The standard InChI is InChI=1S/C14H11NO4.ClH/c16-9-10-3-4-13(17)12(6-10)8-15-5-1-2-11(7-15)14(18)19;/h1-7,9H,8H2,(H-,16,17,18,19);1H. The number of carbonyl (C=O) groups is 2. The molecule has 0 aliphatic carbocycles. The lowest BCUT2D eigenvalue weighted by Crippen LogP contribution is -3.00. The first kappa shape index (κ1) is 15.7. The summed E-state index contributed by atoms with van der Waals surface area (Å²) in [6.07, 6.45) is 3.86. The minimum absolute atomic E-state index is 0. The summed E-state index contributed by atoms with van der Waals surface area (Å²) in [7, 11) is 0. The van der Waals surface area contributed by atoms with Crippen LogP contribution in [0, 0.1) is 0 Å². The van der Waals surface area contributed by atoms with Crippen molar-refractivity contribution in [2.75, 3.05) is 0 Å². The highest BCUT2D eigenvalue weighted by Crippen LogP contribution is 2.17. The van der Waals surface area contributed by atoms with Gasteiger partial charge in [0.05, 0.1) is 5.56 Å². The average molecular weight is 294 g/mol. The molecule has 0 atom stereocenters. The highest BCUT2D eigenvalue weighted by atomic mass is 35.5. The van der Waals surface area contributed by atoms with E-state index in [2.05, 4.69) is 0 Å². The van der Waals surface area contributed by atoms with Crippen molar-refractivity contribution in [1.82, 2.24) is 0 Å². The van der Waals surface area contributed by atoms with Crippen LogP contribution in [0.15, 0.2) is 42.7 Å². The van der Waals surface area contributed by atoms with Gasteiger partial charge in [0.25, 0.3) is 0 Å². The molecule has 1 aromatic carbocycles. The fourth-order valence-electron chi connectivity index (χ4n) is 1.75. The Labute approximate surface area is 121 Å². The summed E-state index contributed by atoms with van der Waals surface area (Å²) >= 11 is 0. The summed E-state index contributed by atoms with van der Waals surface area (Å²) in [5.41, 5.74) is 1.17. The van der Waals surface area contributed by atoms with Crippen LogP contribution in [0.4, 0.5) is 0 Å². The van der Waals surface area contributed by atoms with E-state index in [9.17, 15) is 14.7 Å². The zero-order valence-corrected chi connectivity index (χ0v) is 11.1. The summed E-state index contributed by atoms with van der Waals surface area (Å²) in [5, 5.41) is 18.6. The number of pyridine rings is 1. The zero-order chi connectivity index (χ0) is 13.8. The number of rotatable bonds is 4. The quantitative estimate of drug-likeness (QED) is 0.517. The first-order valence-corrected chi connectivity index (χ1v) is 5.59. The van der Waals surface area contributed by atoms with Gasteiger partial charge in [0.2, 0.25) is 0 Å². The van der Waals surface area contributed by atoms with Crippen molar-refractivity contribution < 1.29 is 36.8 Å². The zero-order valence-electron chi connectivity index (χ0n) is 10.4. The number of nitrogens with zero attached hydrogens (tertiary/aromatic N) is 1. The fourth-order valence-corrected chi connectivity index (χ4v) is 1.75. The van der Waals surface area contributed by atoms with E-state index in [1.165, 1.54) is 24.4 Å². The lowest BCUT2D eigenvalue weighted by Gasteiger charge is -2.02. The van der Waals surface area contributed by atoms with Gasteiger partial charge in [-0.1, -0.05) is 0 Å². The Morgan fingerprint density at radius 1 is 1.30 bits per heavy atom. The third kappa shape index (κ3) is 3.55. The normalized spacial score (nSPS) is 9.60. The monoisotopic (exact) mass is 293 g/mol. The SMILES string of the molecule is O=Cc1ccc(O)c(C[n+]2cccc(C(=O)O)c2)c1.[Cl-]. The third-order valence-electron chi connectivity index (χ3n) is 2.70. The number of benzene rings is 1. The number of carboxylic acids is 1. The van der Waals surface area contributed by atoms with Gasteiger partial charge in [0.15, 0.2) is 18.9 Å². The second kappa shape index (κ2) is 6.68. The van der Waals surface area contributed by atoms with Gasteiger partial charge >= 0.3 is 5.97 Å². The highest BCUT2D eigenvalue weighted by Gasteiger charge is 2.12. The number of hydrogen-bond acceptors (Lipinski definition) is 3. The number of aromatic nitrogens is 1. The molecule has 0 radical (unpaired) electrons. The molecule has 20 heavy (non-hydrogen) atoms. The lowest BCUT2D eigenvalue weighted by molar-refractivity contribution is -0.688. The van der Waals surface area contributed by atoms with E-state index in [0.717, 1.165) is 0 Å². The number of carboxylic acid groups (broad SMARTS) is 1. The van der Waals surface area contributed by atoms with Gasteiger partial charge in [0, 0.05) is 11.6 Å². The van der Waals surface area contributed by atoms with Crippen LogP contribution in [0.3, 0.4) is 0 Å². The van der Waals surface area contributed by atoms with Crippen LogP contribution in [-0.2, 0) is 6.54 Å². The molecule has 6 heteroatoms. The molecule has 1 aromatic heterocycles. The van der Waals surface area contributed by atoms with E-state index in [-0.39, 0.29) is 30.3 Å². The number of phenols is 1. The van der Waals surface area contributed by atoms with Crippen molar-refractivity contribution in [3.05, 3.63) is 59.4 Å². The Bertz CT molecular complexity index is 643. The van der Waals surface area contributed by atoms with Crippen LogP contribution >= 0.6 is 0 Å². The molecule has 0 aliphatic heterocycles. The molecule has 2 N–H and O–H groups in total. The van der Waals surface area contributed by atoms with Crippen molar-refractivity contribution >= 4 is 12.3 Å². The molecule has 2 rings (SSSR count). The Balaban J connectivity index is 0.00000200. The van der Waals surface area contributed by atoms with Crippen LogP contribution in [0.25, 0.3) is 0 Å². The van der Waals surface area contributed by atoms with Crippen molar-refractivity contribution in [2.45, 2.75) is 6.54 Å². The van der Waals surface area contributed by atoms with E-state index in [4.69, 9.17) is 5.11 Å². The minimum Gasteiger partial charge on any atom is -1.00 e. The van der Waals surface area contributed by atoms with E-state index >= 15 is 0 Å². The average Bonchev–Trinajstić information content (AvgIpc) is 2.41. The summed E-state index contributed by atoms with van der Waals surface area (Å²) in [6.45, 7) is 0.286. The predicted octanol–water partition coefficient (Wildman–Crippen LogP) is -1.76. The maximum absolute atomic E-state index is 10.9. The largest absolute Gasteiger partial charge is 1.00 e. The van der Waals surface area contributed by atoms with Crippen LogP contribution < -0.4 is 17.0 Å². The molecule has 0 amide bonds. The summed E-state index contributed by atoms with van der Waals surface area (Å²) in [4.78, 5) is 21.6. The molecule has 1 heterocycles. The molecule has 0 saturated heterocycles. The van der Waals surface area contributed by atoms with Crippen LogP contribution in [0.2, 0.25) is 0 Å². The van der Waals surface area contributed by atoms with Gasteiger partial charge in [-0.2, -0.15) is 4.57 Å². The number of aromatic hydroxyl groups is 1. The van der Waals surface area contributed by atoms with Crippen molar-refractivity contribution in [3.8, 4) is 5.75 Å². The van der Waals surface area contributed by atoms with Crippen LogP contribution in [0.1, 0.15) is 26.3 Å². The maximum Gasteiger partial charge on any atom is 0.341 e. The third-order valence-corrected chi connectivity index (χ3v) is 2.70. The van der Waals surface area contributed by atoms with Crippen molar-refractivity contribution in [1.29, 1.82) is 0 Å². The molecule has 2 aromatic rings. The van der Waals surface area contributed by atoms with E-state index in [1.54, 1.807) is 22.9 Å². The number of halogens is 1. The smallest absolute Gasteiger partial charge is 0.341 e. The van der Waals surface area contributed by atoms with Gasteiger partial charge in [-0.3, -0.25) is 4.79 Å². The van der Waals surface area contributed by atoms with E-state index in [0.29, 0.717) is 17.4 Å². The fraction of sp³-hybridized carbons (Fsp3) is 0.0714. The molecule has 104 valence electrons. The topological polar surface area (TPSA) is 78.5 Å². The lowest BCUT2D eigenvalue weighted by atomic mass is 10.1. The second-order valence-electron chi connectivity index (χ2n) is 4.08. The molecule has 0 spiro atoms. The molecule has 0 aliphatic rings. The summed E-state index contributed by atoms with van der Waals surface area (Å²) < 4.78 is 1.63. The van der Waals surface area contributed by atoms with Crippen LogP contribution in [-0.4, -0.2) is 22.5 Å². The molecular weight excluding hydrogens is 282 g/mol. The van der Waals surface area contributed by atoms with Crippen molar-refractivity contribution in [2.24, 2.45) is 0 Å². The summed E-state index contributed by atoms with van der Waals surface area (Å²) in [5.74, 6) is -0.945. The Kier molecular flexibility index (Phi) is 5.23. The molecule has 0 bridgehead atoms.